The van der Waals surface area contributed by atoms with Crippen LogP contribution in [0.5, 0.6) is 11.5 Å². The molecular formula is C50H42N2OPtS4. The predicted molar refractivity (Wildman–Crippen MR) is 249 cm³/mol. The van der Waals surface area contributed by atoms with Crippen LogP contribution in [0.2, 0.25) is 0 Å². The molecule has 0 radical (unpaired) electrons. The molecule has 6 heterocycles. The van der Waals surface area contributed by atoms with Gasteiger partial charge in [0.05, 0.1) is 0 Å². The fourth-order valence-electron chi connectivity index (χ4n) is 8.19. The number of nitrogens with zero attached hydrogens (tertiary/aromatic N) is 2. The van der Waals surface area contributed by atoms with E-state index in [2.05, 4.69) is 140 Å². The van der Waals surface area contributed by atoms with Crippen LogP contribution in [-0.2, 0) is 33.9 Å². The molecule has 10 rings (SSSR count). The monoisotopic (exact) mass is 1010 g/mol. The number of aryl methyl sites for hydroxylation is 2. The zero-order valence-electron chi connectivity index (χ0n) is 33.7. The molecule has 0 N–H and O–H groups in total. The zero-order valence-corrected chi connectivity index (χ0v) is 39.3. The van der Waals surface area contributed by atoms with Crippen LogP contribution < -0.4 is 4.74 Å². The number of thiophene rings is 4. The first kappa shape index (κ1) is 39.5. The van der Waals surface area contributed by atoms with Crippen molar-refractivity contribution in [1.29, 1.82) is 0 Å². The third kappa shape index (κ3) is 7.11. The molecule has 4 aromatic carbocycles. The Bertz CT molecular complexity index is 3010. The summed E-state index contributed by atoms with van der Waals surface area (Å²) in [5, 5.41) is 10.2. The molecule has 0 fully saturated rings. The molecule has 292 valence electrons. The molecule has 0 saturated carbocycles. The van der Waals surface area contributed by atoms with Crippen molar-refractivity contribution in [1.82, 2.24) is 9.97 Å². The number of rotatable bonds is 6. The van der Waals surface area contributed by atoms with Gasteiger partial charge in [0, 0.05) is 42.7 Å². The van der Waals surface area contributed by atoms with E-state index in [4.69, 9.17) is 14.7 Å². The largest absolute Gasteiger partial charge is 2.00 e. The predicted octanol–water partition coefficient (Wildman–Crippen LogP) is 16.2. The second kappa shape index (κ2) is 14.6. The van der Waals surface area contributed by atoms with Crippen LogP contribution in [0.25, 0.3) is 83.0 Å². The summed E-state index contributed by atoms with van der Waals surface area (Å²) < 4.78 is 11.6. The van der Waals surface area contributed by atoms with Gasteiger partial charge in [-0.3, -0.25) is 0 Å². The maximum absolute atomic E-state index is 6.65. The van der Waals surface area contributed by atoms with Crippen molar-refractivity contribution < 1.29 is 25.8 Å². The van der Waals surface area contributed by atoms with E-state index in [0.29, 0.717) is 0 Å². The number of benzene rings is 4. The quantitative estimate of drug-likeness (QED) is 0.156. The topological polar surface area (TPSA) is 35.0 Å². The van der Waals surface area contributed by atoms with Crippen LogP contribution in [0, 0.1) is 36.8 Å². The maximum Gasteiger partial charge on any atom is 2.00 e. The molecule has 58 heavy (non-hydrogen) atoms. The molecule has 0 saturated heterocycles. The normalized spacial score (nSPS) is 12.5. The van der Waals surface area contributed by atoms with Gasteiger partial charge >= 0.3 is 21.1 Å². The van der Waals surface area contributed by atoms with E-state index in [-0.39, 0.29) is 31.9 Å². The van der Waals surface area contributed by atoms with Gasteiger partial charge in [-0.2, -0.15) is 0 Å². The third-order valence-corrected chi connectivity index (χ3v) is 15.1. The van der Waals surface area contributed by atoms with E-state index in [0.717, 1.165) is 55.2 Å². The van der Waals surface area contributed by atoms with Crippen LogP contribution >= 0.6 is 45.3 Å². The van der Waals surface area contributed by atoms with Crippen molar-refractivity contribution in [3.63, 3.8) is 0 Å². The van der Waals surface area contributed by atoms with Crippen molar-refractivity contribution in [3.05, 3.63) is 118 Å². The van der Waals surface area contributed by atoms with Gasteiger partial charge in [0.25, 0.3) is 0 Å². The van der Waals surface area contributed by atoms with Crippen molar-refractivity contribution >= 4 is 107 Å². The number of ether oxygens (including phenoxy) is 1. The van der Waals surface area contributed by atoms with Crippen molar-refractivity contribution in [3.8, 4) is 32.6 Å². The summed E-state index contributed by atoms with van der Waals surface area (Å²) in [7, 11) is 0. The van der Waals surface area contributed by atoms with E-state index in [1.807, 2.05) is 35.1 Å². The van der Waals surface area contributed by atoms with Gasteiger partial charge in [-0.15, -0.1) is 34.8 Å². The molecule has 8 heteroatoms. The van der Waals surface area contributed by atoms with Gasteiger partial charge in [-0.05, 0) is 101 Å². The summed E-state index contributed by atoms with van der Waals surface area (Å²) in [6, 6.07) is 34.6. The Labute approximate surface area is 370 Å². The van der Waals surface area contributed by atoms with E-state index in [1.165, 1.54) is 73.0 Å². The molecule has 0 unspecified atom stereocenters. The maximum atomic E-state index is 6.65. The second-order valence-corrected chi connectivity index (χ2v) is 22.2. The minimum absolute atomic E-state index is 0. The Morgan fingerprint density at radius 2 is 0.897 bits per heavy atom. The summed E-state index contributed by atoms with van der Waals surface area (Å²) in [6.07, 6.45) is 5.97. The summed E-state index contributed by atoms with van der Waals surface area (Å²) in [6.45, 7) is 18.0. The smallest absolute Gasteiger partial charge is 0.507 e. The number of fused-ring (bicyclic) bond motifs is 10. The number of pyridine rings is 2. The second-order valence-electron chi connectivity index (χ2n) is 17.7. The number of hydrogen-bond acceptors (Lipinski definition) is 7. The first-order chi connectivity index (χ1) is 27.3. The standard InChI is InChI=1S/C50H42N2OS4.Pt/c1-27-39(23-41(54-27)43-47-37(17-19-51-43)35-15-11-31-21-29(25-49(3,4)5)9-13-33(31)45(35)56-47)53-40-24-42(55-28(40)2)44-48-38(18-20-52-44)36-16-12-32-22-30(26-50(6,7)8)10-14-34(32)46(36)57-48;/h9-22H,25-26H2,1-8H3;/q-2;+2. The zero-order chi connectivity index (χ0) is 39.4. The van der Waals surface area contributed by atoms with Crippen molar-refractivity contribution in [2.45, 2.75) is 68.2 Å². The van der Waals surface area contributed by atoms with E-state index in [1.54, 1.807) is 22.7 Å². The summed E-state index contributed by atoms with van der Waals surface area (Å²) in [5.41, 5.74) is 5.17. The minimum atomic E-state index is 0. The Morgan fingerprint density at radius 1 is 0.500 bits per heavy atom. The van der Waals surface area contributed by atoms with Crippen LogP contribution in [0.15, 0.2) is 85.2 Å². The minimum Gasteiger partial charge on any atom is -0.507 e. The molecule has 0 aliphatic heterocycles. The summed E-state index contributed by atoms with van der Waals surface area (Å²) in [5.74, 6) is 1.45. The molecule has 0 bridgehead atoms. The van der Waals surface area contributed by atoms with Crippen LogP contribution in [0.4, 0.5) is 0 Å². The SMILES string of the molecule is Cc1sc(-c2nccc3c2sc2c4ccc(CC(C)(C)C)cc4ccc32)[c-]c1Oc1[c-]c(-c2nccc3c2sc2c4ccc(CC(C)(C)C)cc4ccc32)sc1C.[Pt+2]. The Kier molecular flexibility index (Phi) is 9.97. The Hall–Kier alpha value is -3.97. The van der Waals surface area contributed by atoms with Crippen molar-refractivity contribution in [2.24, 2.45) is 10.8 Å². The fourth-order valence-corrected chi connectivity index (χ4v) is 12.7. The van der Waals surface area contributed by atoms with Gasteiger partial charge in [0.2, 0.25) is 0 Å². The van der Waals surface area contributed by atoms with Gasteiger partial charge in [0.1, 0.15) is 0 Å². The molecule has 0 aliphatic carbocycles. The molecule has 0 atom stereocenters. The molecule has 10 aromatic rings. The first-order valence-corrected chi connectivity index (χ1v) is 22.7. The summed E-state index contributed by atoms with van der Waals surface area (Å²) >= 11 is 7.03. The molecule has 6 aromatic heterocycles. The van der Waals surface area contributed by atoms with E-state index >= 15 is 0 Å². The Morgan fingerprint density at radius 3 is 1.31 bits per heavy atom. The third-order valence-electron chi connectivity index (χ3n) is 10.6. The molecule has 0 aliphatic rings. The van der Waals surface area contributed by atoms with Gasteiger partial charge in [-0.1, -0.05) is 136 Å². The van der Waals surface area contributed by atoms with Crippen LogP contribution in [0.3, 0.4) is 0 Å². The van der Waals surface area contributed by atoms with Gasteiger partial charge < -0.3 is 14.7 Å². The van der Waals surface area contributed by atoms with Crippen LogP contribution in [0.1, 0.15) is 62.4 Å². The Balaban J connectivity index is 0.00000436. The van der Waals surface area contributed by atoms with E-state index < -0.39 is 0 Å². The summed E-state index contributed by atoms with van der Waals surface area (Å²) in [4.78, 5) is 14.0. The van der Waals surface area contributed by atoms with E-state index in [9.17, 15) is 0 Å². The van der Waals surface area contributed by atoms with Crippen molar-refractivity contribution in [2.75, 3.05) is 0 Å². The first-order valence-electron chi connectivity index (χ1n) is 19.5. The number of aromatic nitrogens is 2. The van der Waals surface area contributed by atoms with Gasteiger partial charge in [-0.25, -0.2) is 22.7 Å². The fraction of sp³-hybridized carbons (Fsp3) is 0.240. The molecular weight excluding hydrogens is 968 g/mol. The average Bonchev–Trinajstić information content (AvgIpc) is 3.93. The molecule has 0 spiro atoms. The van der Waals surface area contributed by atoms with Gasteiger partial charge in [0.15, 0.2) is 0 Å². The molecule has 0 amide bonds. The van der Waals surface area contributed by atoms with Crippen LogP contribution in [-0.4, -0.2) is 9.97 Å². The number of hydrogen-bond donors (Lipinski definition) is 0. The average molecular weight is 1010 g/mol. The molecule has 3 nitrogen and oxygen atoms in total.